The van der Waals surface area contributed by atoms with Crippen molar-refractivity contribution < 1.29 is 4.39 Å². The fraction of sp³-hybridized carbons (Fsp3) is 0.538. The summed E-state index contributed by atoms with van der Waals surface area (Å²) < 4.78 is 12.9. The third kappa shape index (κ3) is 3.49. The maximum absolute atomic E-state index is 12.9. The maximum atomic E-state index is 12.9. The van der Waals surface area contributed by atoms with Crippen LogP contribution in [0.3, 0.4) is 0 Å². The molecule has 0 aliphatic carbocycles. The van der Waals surface area contributed by atoms with Gasteiger partial charge in [0.05, 0.1) is 0 Å². The minimum Gasteiger partial charge on any atom is -0.313 e. The van der Waals surface area contributed by atoms with Crippen LogP contribution in [0.4, 0.5) is 4.39 Å². The lowest BCUT2D eigenvalue weighted by molar-refractivity contribution is 0.541. The van der Waals surface area contributed by atoms with E-state index in [2.05, 4.69) is 12.2 Å². The molecule has 1 aliphatic rings. The third-order valence-electron chi connectivity index (χ3n) is 2.93. The van der Waals surface area contributed by atoms with E-state index in [4.69, 9.17) is 0 Å². The molecular weight excluding hydrogens is 221 g/mol. The summed E-state index contributed by atoms with van der Waals surface area (Å²) in [7, 11) is 0. The summed E-state index contributed by atoms with van der Waals surface area (Å²) in [5.74, 6) is 1.08. The molecular formula is C13H18FNS. The molecule has 0 radical (unpaired) electrons. The number of halogens is 1. The molecule has 2 unspecified atom stereocenters. The number of hydrogen-bond acceptors (Lipinski definition) is 2. The highest BCUT2D eigenvalue weighted by molar-refractivity contribution is 8.00. The Kier molecular flexibility index (Phi) is 4.24. The van der Waals surface area contributed by atoms with Gasteiger partial charge in [-0.2, -0.15) is 11.8 Å². The minimum atomic E-state index is -0.137. The standard InChI is InChI=1S/C13H18FNS/c1-10-7-13(9-16-10)15-6-5-11-3-2-4-12(14)8-11/h2-4,8,10,13,15H,5-7,9H2,1H3. The SMILES string of the molecule is CC1CC(NCCc2cccc(F)c2)CS1. The van der Waals surface area contributed by atoms with E-state index in [1.807, 2.05) is 17.8 Å². The van der Waals surface area contributed by atoms with Crippen molar-refractivity contribution >= 4 is 11.8 Å². The van der Waals surface area contributed by atoms with Gasteiger partial charge in [-0.05, 0) is 37.1 Å². The molecule has 1 nitrogen and oxygen atoms in total. The topological polar surface area (TPSA) is 12.0 Å². The summed E-state index contributed by atoms with van der Waals surface area (Å²) in [5, 5.41) is 4.32. The van der Waals surface area contributed by atoms with Crippen molar-refractivity contribution in [3.8, 4) is 0 Å². The normalized spacial score (nSPS) is 24.9. The molecule has 1 saturated heterocycles. The lowest BCUT2D eigenvalue weighted by Gasteiger charge is -2.11. The molecule has 1 aromatic rings. The Morgan fingerprint density at radius 3 is 3.06 bits per heavy atom. The summed E-state index contributed by atoms with van der Waals surface area (Å²) in [5.41, 5.74) is 1.08. The minimum absolute atomic E-state index is 0.137. The molecule has 1 aliphatic heterocycles. The van der Waals surface area contributed by atoms with Crippen molar-refractivity contribution in [2.75, 3.05) is 12.3 Å². The molecule has 0 bridgehead atoms. The van der Waals surface area contributed by atoms with Crippen LogP contribution >= 0.6 is 11.8 Å². The van der Waals surface area contributed by atoms with Crippen LogP contribution in [0.25, 0.3) is 0 Å². The zero-order chi connectivity index (χ0) is 11.4. The molecule has 2 rings (SSSR count). The van der Waals surface area contributed by atoms with Gasteiger partial charge in [-0.1, -0.05) is 19.1 Å². The highest BCUT2D eigenvalue weighted by atomic mass is 32.2. The first-order chi connectivity index (χ1) is 7.74. The van der Waals surface area contributed by atoms with Gasteiger partial charge in [0.2, 0.25) is 0 Å². The van der Waals surface area contributed by atoms with Gasteiger partial charge in [0.25, 0.3) is 0 Å². The largest absolute Gasteiger partial charge is 0.313 e. The smallest absolute Gasteiger partial charge is 0.123 e. The number of thioether (sulfide) groups is 1. The van der Waals surface area contributed by atoms with Crippen molar-refractivity contribution in [3.63, 3.8) is 0 Å². The lowest BCUT2D eigenvalue weighted by atomic mass is 10.1. The van der Waals surface area contributed by atoms with Crippen LogP contribution in [0.15, 0.2) is 24.3 Å². The second kappa shape index (κ2) is 5.69. The van der Waals surface area contributed by atoms with Crippen LogP contribution in [-0.2, 0) is 6.42 Å². The van der Waals surface area contributed by atoms with Crippen molar-refractivity contribution in [2.45, 2.75) is 31.1 Å². The second-order valence-corrected chi connectivity index (χ2v) is 5.88. The maximum Gasteiger partial charge on any atom is 0.123 e. The van der Waals surface area contributed by atoms with Crippen LogP contribution in [0, 0.1) is 5.82 Å². The fourth-order valence-electron chi connectivity index (χ4n) is 2.07. The van der Waals surface area contributed by atoms with Gasteiger partial charge in [-0.3, -0.25) is 0 Å². The summed E-state index contributed by atoms with van der Waals surface area (Å²) in [4.78, 5) is 0. The first kappa shape index (κ1) is 11.9. The van der Waals surface area contributed by atoms with E-state index >= 15 is 0 Å². The van der Waals surface area contributed by atoms with E-state index in [1.54, 1.807) is 12.1 Å². The Hall–Kier alpha value is -0.540. The summed E-state index contributed by atoms with van der Waals surface area (Å²) in [6.45, 7) is 3.22. The second-order valence-electron chi connectivity index (χ2n) is 4.41. The first-order valence-electron chi connectivity index (χ1n) is 5.83. The van der Waals surface area contributed by atoms with E-state index in [0.29, 0.717) is 6.04 Å². The van der Waals surface area contributed by atoms with Gasteiger partial charge < -0.3 is 5.32 Å². The fourth-order valence-corrected chi connectivity index (χ4v) is 3.26. The Bertz CT molecular complexity index is 342. The Morgan fingerprint density at radius 2 is 2.38 bits per heavy atom. The highest BCUT2D eigenvalue weighted by Crippen LogP contribution is 2.25. The van der Waals surface area contributed by atoms with Crippen LogP contribution < -0.4 is 5.32 Å². The molecule has 0 spiro atoms. The molecule has 2 atom stereocenters. The molecule has 3 heteroatoms. The van der Waals surface area contributed by atoms with Gasteiger partial charge in [0.1, 0.15) is 5.82 Å². The molecule has 1 aromatic carbocycles. The zero-order valence-electron chi connectivity index (χ0n) is 9.58. The molecule has 1 fully saturated rings. The van der Waals surface area contributed by atoms with Gasteiger partial charge in [-0.15, -0.1) is 0 Å². The van der Waals surface area contributed by atoms with Crippen molar-refractivity contribution in [3.05, 3.63) is 35.6 Å². The van der Waals surface area contributed by atoms with Gasteiger partial charge in [0, 0.05) is 17.0 Å². The number of rotatable bonds is 4. The van der Waals surface area contributed by atoms with E-state index in [-0.39, 0.29) is 5.82 Å². The van der Waals surface area contributed by atoms with E-state index in [9.17, 15) is 4.39 Å². The number of benzene rings is 1. The molecule has 16 heavy (non-hydrogen) atoms. The highest BCUT2D eigenvalue weighted by Gasteiger charge is 2.20. The molecule has 1 heterocycles. The Labute approximate surface area is 101 Å². The average Bonchev–Trinajstić information content (AvgIpc) is 2.64. The summed E-state index contributed by atoms with van der Waals surface area (Å²) >= 11 is 2.03. The molecule has 88 valence electrons. The van der Waals surface area contributed by atoms with Crippen LogP contribution in [0.2, 0.25) is 0 Å². The predicted molar refractivity (Wildman–Crippen MR) is 68.4 cm³/mol. The van der Waals surface area contributed by atoms with E-state index in [0.717, 1.165) is 23.8 Å². The first-order valence-corrected chi connectivity index (χ1v) is 6.88. The Morgan fingerprint density at radius 1 is 1.50 bits per heavy atom. The van der Waals surface area contributed by atoms with Crippen molar-refractivity contribution in [2.24, 2.45) is 0 Å². The molecule has 0 aromatic heterocycles. The van der Waals surface area contributed by atoms with E-state index < -0.39 is 0 Å². The Balaban J connectivity index is 1.72. The molecule has 0 amide bonds. The predicted octanol–water partition coefficient (Wildman–Crippen LogP) is 2.85. The van der Waals surface area contributed by atoms with Crippen molar-refractivity contribution in [1.82, 2.24) is 5.32 Å². The average molecular weight is 239 g/mol. The molecule has 1 N–H and O–H groups in total. The summed E-state index contributed by atoms with van der Waals surface area (Å²) in [6, 6.07) is 7.52. The van der Waals surface area contributed by atoms with Gasteiger partial charge >= 0.3 is 0 Å². The number of nitrogens with one attached hydrogen (secondary N) is 1. The third-order valence-corrected chi connectivity index (χ3v) is 4.29. The van der Waals surface area contributed by atoms with Crippen LogP contribution in [-0.4, -0.2) is 23.6 Å². The quantitative estimate of drug-likeness (QED) is 0.867. The molecule has 0 saturated carbocycles. The van der Waals surface area contributed by atoms with Gasteiger partial charge in [-0.25, -0.2) is 4.39 Å². The zero-order valence-corrected chi connectivity index (χ0v) is 10.4. The van der Waals surface area contributed by atoms with Crippen LogP contribution in [0.1, 0.15) is 18.9 Å². The van der Waals surface area contributed by atoms with Gasteiger partial charge in [0.15, 0.2) is 0 Å². The van der Waals surface area contributed by atoms with Crippen molar-refractivity contribution in [1.29, 1.82) is 0 Å². The monoisotopic (exact) mass is 239 g/mol. The lowest BCUT2D eigenvalue weighted by Crippen LogP contribution is -2.30. The van der Waals surface area contributed by atoms with E-state index in [1.165, 1.54) is 18.2 Å². The summed E-state index contributed by atoms with van der Waals surface area (Å²) in [6.07, 6.45) is 2.17. The number of hydrogen-bond donors (Lipinski definition) is 1. The van der Waals surface area contributed by atoms with Crippen LogP contribution in [0.5, 0.6) is 0 Å².